The fourth-order valence-corrected chi connectivity index (χ4v) is 1.99. The number of hydrogen-bond donors (Lipinski definition) is 2. The van der Waals surface area contributed by atoms with E-state index in [0.29, 0.717) is 0 Å². The number of nitrogen functional groups attached to an aromatic ring is 1. The van der Waals surface area contributed by atoms with E-state index < -0.39 is 0 Å². The number of methoxy groups -OCH3 is 1. The number of hydrogen-bond acceptors (Lipinski definition) is 4. The first-order chi connectivity index (χ1) is 8.31. The van der Waals surface area contributed by atoms with Crippen LogP contribution in [0.1, 0.15) is 0 Å². The average molecular weight is 229 g/mol. The summed E-state index contributed by atoms with van der Waals surface area (Å²) in [6.45, 7) is 0. The lowest BCUT2D eigenvalue weighted by Gasteiger charge is -2.08. The highest BCUT2D eigenvalue weighted by molar-refractivity contribution is 5.94. The maximum absolute atomic E-state index is 5.72. The van der Waals surface area contributed by atoms with Gasteiger partial charge in [0.25, 0.3) is 0 Å². The highest BCUT2D eigenvalue weighted by atomic mass is 16.5. The number of anilines is 1. The molecule has 17 heavy (non-hydrogen) atoms. The van der Waals surface area contributed by atoms with Crippen LogP contribution >= 0.6 is 0 Å². The number of ether oxygens (including phenoxy) is 1. The highest BCUT2D eigenvalue weighted by Gasteiger charge is 2.15. The first kappa shape index (κ1) is 9.77. The lowest BCUT2D eigenvalue weighted by Crippen LogP contribution is -1.90. The predicted molar refractivity (Wildman–Crippen MR) is 64.8 cm³/mol. The third-order valence-electron chi connectivity index (χ3n) is 2.78. The number of H-pyrrole nitrogens is 1. The molecule has 0 fully saturated rings. The third kappa shape index (κ3) is 1.36. The Morgan fingerprint density at radius 3 is 2.88 bits per heavy atom. The van der Waals surface area contributed by atoms with Crippen molar-refractivity contribution in [2.24, 2.45) is 0 Å². The van der Waals surface area contributed by atoms with Gasteiger partial charge in [-0.1, -0.05) is 5.16 Å². The SMILES string of the molecule is COc1c(-c2cnoc2N)ccc2[nH]ccc12. The number of aromatic nitrogens is 2. The number of rotatable bonds is 2. The van der Waals surface area contributed by atoms with E-state index in [-0.39, 0.29) is 5.88 Å². The van der Waals surface area contributed by atoms with Gasteiger partial charge in [-0.2, -0.15) is 0 Å². The van der Waals surface area contributed by atoms with E-state index in [1.54, 1.807) is 13.3 Å². The van der Waals surface area contributed by atoms with Crippen LogP contribution in [-0.2, 0) is 0 Å². The van der Waals surface area contributed by atoms with E-state index in [1.807, 2.05) is 24.4 Å². The van der Waals surface area contributed by atoms with Crippen LogP contribution in [0, 0.1) is 0 Å². The van der Waals surface area contributed by atoms with Crippen molar-refractivity contribution in [2.75, 3.05) is 12.8 Å². The Kier molecular flexibility index (Phi) is 2.04. The van der Waals surface area contributed by atoms with Gasteiger partial charge in [-0.05, 0) is 18.2 Å². The summed E-state index contributed by atoms with van der Waals surface area (Å²) in [7, 11) is 1.63. The molecule has 0 atom stereocenters. The molecule has 0 aliphatic carbocycles. The Bertz CT molecular complexity index is 669. The van der Waals surface area contributed by atoms with Gasteiger partial charge in [-0.25, -0.2) is 0 Å². The minimum atomic E-state index is 0.290. The minimum absolute atomic E-state index is 0.290. The zero-order valence-corrected chi connectivity index (χ0v) is 9.23. The molecule has 3 aromatic rings. The van der Waals surface area contributed by atoms with Gasteiger partial charge in [-0.15, -0.1) is 0 Å². The molecule has 0 aliphatic rings. The van der Waals surface area contributed by atoms with Gasteiger partial charge >= 0.3 is 0 Å². The van der Waals surface area contributed by atoms with E-state index in [9.17, 15) is 0 Å². The van der Waals surface area contributed by atoms with E-state index in [0.717, 1.165) is 27.8 Å². The normalized spacial score (nSPS) is 10.9. The minimum Gasteiger partial charge on any atom is -0.495 e. The molecule has 86 valence electrons. The molecule has 0 saturated carbocycles. The number of nitrogens with two attached hydrogens (primary N) is 1. The number of fused-ring (bicyclic) bond motifs is 1. The molecule has 0 bridgehead atoms. The fourth-order valence-electron chi connectivity index (χ4n) is 1.99. The van der Waals surface area contributed by atoms with Crippen LogP contribution in [-0.4, -0.2) is 17.3 Å². The van der Waals surface area contributed by atoms with E-state index >= 15 is 0 Å². The monoisotopic (exact) mass is 229 g/mol. The van der Waals surface area contributed by atoms with Gasteiger partial charge < -0.3 is 20.0 Å². The van der Waals surface area contributed by atoms with Crippen LogP contribution in [0.3, 0.4) is 0 Å². The summed E-state index contributed by atoms with van der Waals surface area (Å²) in [5.41, 5.74) is 8.35. The van der Waals surface area contributed by atoms with Crippen LogP contribution in [0.15, 0.2) is 35.1 Å². The largest absolute Gasteiger partial charge is 0.495 e. The first-order valence-corrected chi connectivity index (χ1v) is 5.16. The smallest absolute Gasteiger partial charge is 0.230 e. The van der Waals surface area contributed by atoms with Crippen molar-refractivity contribution in [3.8, 4) is 16.9 Å². The zero-order chi connectivity index (χ0) is 11.8. The Balaban J connectivity index is 2.33. The van der Waals surface area contributed by atoms with Crippen molar-refractivity contribution in [3.63, 3.8) is 0 Å². The highest BCUT2D eigenvalue weighted by Crippen LogP contribution is 2.38. The van der Waals surface area contributed by atoms with Gasteiger partial charge in [0.2, 0.25) is 5.88 Å². The summed E-state index contributed by atoms with van der Waals surface area (Å²) >= 11 is 0. The summed E-state index contributed by atoms with van der Waals surface area (Å²) in [6.07, 6.45) is 3.46. The summed E-state index contributed by atoms with van der Waals surface area (Å²) in [5, 5.41) is 4.68. The third-order valence-corrected chi connectivity index (χ3v) is 2.78. The molecule has 0 unspecified atom stereocenters. The quantitative estimate of drug-likeness (QED) is 0.707. The molecule has 5 heteroatoms. The molecule has 3 N–H and O–H groups in total. The molecule has 0 radical (unpaired) electrons. The first-order valence-electron chi connectivity index (χ1n) is 5.16. The maximum Gasteiger partial charge on any atom is 0.230 e. The predicted octanol–water partition coefficient (Wildman–Crippen LogP) is 2.41. The molecule has 0 saturated heterocycles. The van der Waals surface area contributed by atoms with Gasteiger partial charge in [0, 0.05) is 22.7 Å². The fraction of sp³-hybridized carbons (Fsp3) is 0.0833. The molecule has 2 heterocycles. The van der Waals surface area contributed by atoms with E-state index in [2.05, 4.69) is 10.1 Å². The van der Waals surface area contributed by atoms with E-state index in [1.165, 1.54) is 0 Å². The summed E-state index contributed by atoms with van der Waals surface area (Å²) in [5.74, 6) is 1.05. The van der Waals surface area contributed by atoms with Crippen LogP contribution in [0.25, 0.3) is 22.0 Å². The molecule has 0 aliphatic heterocycles. The Morgan fingerprint density at radius 1 is 1.29 bits per heavy atom. The van der Waals surface area contributed by atoms with Crippen LogP contribution in [0.2, 0.25) is 0 Å². The number of aromatic amines is 1. The zero-order valence-electron chi connectivity index (χ0n) is 9.23. The van der Waals surface area contributed by atoms with Crippen LogP contribution in [0.4, 0.5) is 5.88 Å². The molecule has 1 aromatic carbocycles. The van der Waals surface area contributed by atoms with Crippen LogP contribution in [0.5, 0.6) is 5.75 Å². The van der Waals surface area contributed by atoms with Crippen molar-refractivity contribution in [1.29, 1.82) is 0 Å². The molecule has 0 spiro atoms. The topological polar surface area (TPSA) is 77.1 Å². The van der Waals surface area contributed by atoms with Crippen molar-refractivity contribution in [2.45, 2.75) is 0 Å². The Labute approximate surface area is 97.2 Å². The number of benzene rings is 1. The second-order valence-corrected chi connectivity index (χ2v) is 3.69. The molecule has 0 amide bonds. The van der Waals surface area contributed by atoms with Crippen LogP contribution < -0.4 is 10.5 Å². The van der Waals surface area contributed by atoms with Crippen molar-refractivity contribution >= 4 is 16.8 Å². The standard InChI is InChI=1S/C12H11N3O2/c1-16-11-7(9-6-15-17-12(9)13)2-3-10-8(11)4-5-14-10/h2-6,14H,13H2,1H3. The van der Waals surface area contributed by atoms with Gasteiger partial charge in [-0.3, -0.25) is 0 Å². The van der Waals surface area contributed by atoms with Crippen molar-refractivity contribution < 1.29 is 9.26 Å². The molecule has 5 nitrogen and oxygen atoms in total. The average Bonchev–Trinajstić information content (AvgIpc) is 2.95. The van der Waals surface area contributed by atoms with E-state index in [4.69, 9.17) is 15.0 Å². The van der Waals surface area contributed by atoms with Gasteiger partial charge in [0.1, 0.15) is 5.75 Å². The van der Waals surface area contributed by atoms with Crippen molar-refractivity contribution in [1.82, 2.24) is 10.1 Å². The summed E-state index contributed by atoms with van der Waals surface area (Å²) in [4.78, 5) is 3.13. The Morgan fingerprint density at radius 2 is 2.18 bits per heavy atom. The van der Waals surface area contributed by atoms with Gasteiger partial charge in [0.15, 0.2) is 0 Å². The lowest BCUT2D eigenvalue weighted by atomic mass is 10.1. The lowest BCUT2D eigenvalue weighted by molar-refractivity contribution is 0.421. The maximum atomic E-state index is 5.72. The summed E-state index contributed by atoms with van der Waals surface area (Å²) < 4.78 is 10.3. The second-order valence-electron chi connectivity index (χ2n) is 3.69. The number of nitrogens with one attached hydrogen (secondary N) is 1. The Hall–Kier alpha value is -2.43. The van der Waals surface area contributed by atoms with Gasteiger partial charge in [0.05, 0.1) is 18.9 Å². The molecular weight excluding hydrogens is 218 g/mol. The van der Waals surface area contributed by atoms with Crippen molar-refractivity contribution in [3.05, 3.63) is 30.6 Å². The summed E-state index contributed by atoms with van der Waals surface area (Å²) in [6, 6.07) is 5.86. The second kappa shape index (κ2) is 3.55. The molecule has 2 aromatic heterocycles. The molecule has 3 rings (SSSR count). The number of nitrogens with zero attached hydrogens (tertiary/aromatic N) is 1. The molecular formula is C12H11N3O2.